The predicted octanol–water partition coefficient (Wildman–Crippen LogP) is 4.30. The Hall–Kier alpha value is -2.55. The van der Waals surface area contributed by atoms with Gasteiger partial charge in [0.2, 0.25) is 0 Å². The lowest BCUT2D eigenvalue weighted by molar-refractivity contribution is 0.415. The van der Waals surface area contributed by atoms with Crippen molar-refractivity contribution in [2.45, 2.75) is 6.92 Å². The third kappa shape index (κ3) is 2.30. The highest BCUT2D eigenvalue weighted by Gasteiger charge is 2.05. The minimum atomic E-state index is 0.832. The third-order valence-corrected chi connectivity index (χ3v) is 3.36. The summed E-state index contributed by atoms with van der Waals surface area (Å²) in [5, 5.41) is 4.52. The average Bonchev–Trinajstić information content (AvgIpc) is 2.49. The fourth-order valence-corrected chi connectivity index (χ4v) is 2.22. The van der Waals surface area contributed by atoms with Crippen LogP contribution < -0.4 is 10.1 Å². The molecule has 0 atom stereocenters. The SMILES string of the molecule is COc1ccc2nccc(Nc3ccccc3C)c2c1. The molecule has 3 rings (SSSR count). The van der Waals surface area contributed by atoms with Crippen LogP contribution in [0.5, 0.6) is 5.75 Å². The van der Waals surface area contributed by atoms with Crippen molar-refractivity contribution in [1.29, 1.82) is 0 Å². The number of benzene rings is 2. The van der Waals surface area contributed by atoms with Crippen LogP contribution in [0.3, 0.4) is 0 Å². The van der Waals surface area contributed by atoms with Crippen molar-refractivity contribution in [1.82, 2.24) is 4.98 Å². The molecule has 1 aromatic heterocycles. The Balaban J connectivity index is 2.09. The Morgan fingerprint density at radius 2 is 1.85 bits per heavy atom. The minimum absolute atomic E-state index is 0.832. The predicted molar refractivity (Wildman–Crippen MR) is 82.8 cm³/mol. The third-order valence-electron chi connectivity index (χ3n) is 3.36. The van der Waals surface area contributed by atoms with E-state index in [1.54, 1.807) is 7.11 Å². The van der Waals surface area contributed by atoms with Gasteiger partial charge >= 0.3 is 0 Å². The van der Waals surface area contributed by atoms with E-state index in [1.165, 1.54) is 5.56 Å². The molecule has 0 fully saturated rings. The van der Waals surface area contributed by atoms with Gasteiger partial charge in [-0.05, 0) is 42.8 Å². The first kappa shape index (κ1) is 12.5. The Morgan fingerprint density at radius 1 is 1.00 bits per heavy atom. The molecular weight excluding hydrogens is 248 g/mol. The summed E-state index contributed by atoms with van der Waals surface area (Å²) in [4.78, 5) is 4.39. The highest BCUT2D eigenvalue weighted by Crippen LogP contribution is 2.29. The van der Waals surface area contributed by atoms with E-state index in [4.69, 9.17) is 4.74 Å². The number of pyridine rings is 1. The smallest absolute Gasteiger partial charge is 0.119 e. The maximum absolute atomic E-state index is 5.30. The van der Waals surface area contributed by atoms with Gasteiger partial charge in [0.05, 0.1) is 12.6 Å². The maximum atomic E-state index is 5.30. The van der Waals surface area contributed by atoms with Crippen LogP contribution in [0.25, 0.3) is 10.9 Å². The summed E-state index contributed by atoms with van der Waals surface area (Å²) in [6, 6.07) is 16.1. The summed E-state index contributed by atoms with van der Waals surface area (Å²) >= 11 is 0. The number of rotatable bonds is 3. The van der Waals surface area contributed by atoms with Crippen LogP contribution >= 0.6 is 0 Å². The van der Waals surface area contributed by atoms with Gasteiger partial charge in [0, 0.05) is 23.0 Å². The van der Waals surface area contributed by atoms with Gasteiger partial charge in [-0.1, -0.05) is 18.2 Å². The zero-order valence-corrected chi connectivity index (χ0v) is 11.6. The second-order valence-corrected chi connectivity index (χ2v) is 4.68. The van der Waals surface area contributed by atoms with E-state index in [0.29, 0.717) is 0 Å². The number of hydrogen-bond acceptors (Lipinski definition) is 3. The number of aryl methyl sites for hydroxylation is 1. The first-order valence-corrected chi connectivity index (χ1v) is 6.53. The van der Waals surface area contributed by atoms with E-state index in [1.807, 2.05) is 42.6 Å². The number of anilines is 2. The summed E-state index contributed by atoms with van der Waals surface area (Å²) in [6.07, 6.45) is 1.81. The fourth-order valence-electron chi connectivity index (χ4n) is 2.22. The molecule has 0 unspecified atom stereocenters. The van der Waals surface area contributed by atoms with Gasteiger partial charge in [0.15, 0.2) is 0 Å². The number of ether oxygens (including phenoxy) is 1. The molecule has 0 aliphatic heterocycles. The Labute approximate surface area is 118 Å². The van der Waals surface area contributed by atoms with Crippen LogP contribution in [0.15, 0.2) is 54.7 Å². The van der Waals surface area contributed by atoms with Crippen molar-refractivity contribution in [2.24, 2.45) is 0 Å². The van der Waals surface area contributed by atoms with Crippen LogP contribution in [0.4, 0.5) is 11.4 Å². The second-order valence-electron chi connectivity index (χ2n) is 4.68. The first-order valence-electron chi connectivity index (χ1n) is 6.53. The van der Waals surface area contributed by atoms with Crippen molar-refractivity contribution < 1.29 is 4.74 Å². The van der Waals surface area contributed by atoms with Gasteiger partial charge < -0.3 is 10.1 Å². The molecule has 0 bridgehead atoms. The molecular formula is C17H16N2O. The number of methoxy groups -OCH3 is 1. The largest absolute Gasteiger partial charge is 0.497 e. The van der Waals surface area contributed by atoms with Gasteiger partial charge in [-0.3, -0.25) is 4.98 Å². The maximum Gasteiger partial charge on any atom is 0.119 e. The first-order chi connectivity index (χ1) is 9.78. The summed E-state index contributed by atoms with van der Waals surface area (Å²) in [5.41, 5.74) is 4.29. The lowest BCUT2D eigenvalue weighted by atomic mass is 10.1. The van der Waals surface area contributed by atoms with Gasteiger partial charge in [-0.15, -0.1) is 0 Å². The van der Waals surface area contributed by atoms with Crippen LogP contribution in [0, 0.1) is 6.92 Å². The van der Waals surface area contributed by atoms with E-state index in [9.17, 15) is 0 Å². The zero-order chi connectivity index (χ0) is 13.9. The molecule has 3 aromatic rings. The molecule has 0 aliphatic carbocycles. The summed E-state index contributed by atoms with van der Waals surface area (Å²) in [6.45, 7) is 2.09. The molecule has 0 amide bonds. The van der Waals surface area contributed by atoms with Crippen molar-refractivity contribution in [3.05, 3.63) is 60.3 Å². The van der Waals surface area contributed by atoms with Crippen LogP contribution in [0.2, 0.25) is 0 Å². The van der Waals surface area contributed by atoms with Gasteiger partial charge in [-0.25, -0.2) is 0 Å². The summed E-state index contributed by atoms with van der Waals surface area (Å²) < 4.78 is 5.30. The lowest BCUT2D eigenvalue weighted by Crippen LogP contribution is -1.95. The minimum Gasteiger partial charge on any atom is -0.497 e. The van der Waals surface area contributed by atoms with E-state index in [0.717, 1.165) is 28.0 Å². The standard InChI is InChI=1S/C17H16N2O/c1-12-5-3-4-6-15(12)19-17-9-10-18-16-8-7-13(20-2)11-14(16)17/h3-11H,1-2H3,(H,18,19). The van der Waals surface area contributed by atoms with E-state index >= 15 is 0 Å². The normalized spacial score (nSPS) is 10.5. The zero-order valence-electron chi connectivity index (χ0n) is 11.6. The van der Waals surface area contributed by atoms with E-state index < -0.39 is 0 Å². The van der Waals surface area contributed by atoms with Crippen LogP contribution in [-0.2, 0) is 0 Å². The Bertz CT molecular complexity index is 753. The molecule has 3 heteroatoms. The molecule has 20 heavy (non-hydrogen) atoms. The van der Waals surface area contributed by atoms with Crippen molar-refractivity contribution in [3.63, 3.8) is 0 Å². The topological polar surface area (TPSA) is 34.1 Å². The number of fused-ring (bicyclic) bond motifs is 1. The number of para-hydroxylation sites is 1. The number of hydrogen-bond donors (Lipinski definition) is 1. The number of nitrogens with one attached hydrogen (secondary N) is 1. The van der Waals surface area contributed by atoms with Crippen LogP contribution in [-0.4, -0.2) is 12.1 Å². The van der Waals surface area contributed by atoms with E-state index in [2.05, 4.69) is 29.4 Å². The molecule has 1 N–H and O–H groups in total. The molecule has 0 saturated heterocycles. The average molecular weight is 264 g/mol. The monoisotopic (exact) mass is 264 g/mol. The highest BCUT2D eigenvalue weighted by atomic mass is 16.5. The van der Waals surface area contributed by atoms with Crippen LogP contribution in [0.1, 0.15) is 5.56 Å². The highest BCUT2D eigenvalue weighted by molar-refractivity contribution is 5.93. The molecule has 3 nitrogen and oxygen atoms in total. The van der Waals surface area contributed by atoms with Gasteiger partial charge in [0.25, 0.3) is 0 Å². The molecule has 0 aliphatic rings. The Morgan fingerprint density at radius 3 is 2.65 bits per heavy atom. The molecule has 0 spiro atoms. The van der Waals surface area contributed by atoms with Crippen molar-refractivity contribution in [3.8, 4) is 5.75 Å². The second kappa shape index (κ2) is 5.21. The van der Waals surface area contributed by atoms with E-state index in [-0.39, 0.29) is 0 Å². The fraction of sp³-hybridized carbons (Fsp3) is 0.118. The number of aromatic nitrogens is 1. The van der Waals surface area contributed by atoms with Gasteiger partial charge in [-0.2, -0.15) is 0 Å². The lowest BCUT2D eigenvalue weighted by Gasteiger charge is -2.12. The van der Waals surface area contributed by atoms with Gasteiger partial charge in [0.1, 0.15) is 5.75 Å². The summed E-state index contributed by atoms with van der Waals surface area (Å²) in [7, 11) is 1.67. The Kier molecular flexibility index (Phi) is 3.25. The van der Waals surface area contributed by atoms with Crippen molar-refractivity contribution >= 4 is 22.3 Å². The quantitative estimate of drug-likeness (QED) is 0.766. The summed E-state index contributed by atoms with van der Waals surface area (Å²) in [5.74, 6) is 0.832. The molecule has 100 valence electrons. The molecule has 1 heterocycles. The van der Waals surface area contributed by atoms with Crippen molar-refractivity contribution in [2.75, 3.05) is 12.4 Å². The number of nitrogens with zero attached hydrogens (tertiary/aromatic N) is 1. The molecule has 0 saturated carbocycles. The molecule has 0 radical (unpaired) electrons. The molecule has 2 aromatic carbocycles.